The van der Waals surface area contributed by atoms with Gasteiger partial charge < -0.3 is 29.3 Å². The van der Waals surface area contributed by atoms with Gasteiger partial charge in [0.25, 0.3) is 0 Å². The number of β-amino-alcohol motifs (C(OH)–C–C–N with tert-alkyl or cyclic N) is 1. The number of hydrogen-bond donors (Lipinski definition) is 2. The van der Waals surface area contributed by atoms with Crippen LogP contribution in [0.2, 0.25) is 0 Å². The van der Waals surface area contributed by atoms with Crippen LogP contribution in [0.1, 0.15) is 77.2 Å². The third-order valence-electron chi connectivity index (χ3n) is 12.4. The lowest BCUT2D eigenvalue weighted by Gasteiger charge is -2.50. The Morgan fingerprint density at radius 1 is 1.04 bits per heavy atom. The lowest BCUT2D eigenvalue weighted by atomic mass is 9.74. The van der Waals surface area contributed by atoms with E-state index in [2.05, 4.69) is 9.88 Å². The number of halogens is 2. The van der Waals surface area contributed by atoms with Gasteiger partial charge in [-0.05, 0) is 106 Å². The van der Waals surface area contributed by atoms with Gasteiger partial charge in [-0.15, -0.1) is 0 Å². The number of anilines is 1. The minimum atomic E-state index is -1.17. The molecule has 0 amide bonds. The van der Waals surface area contributed by atoms with E-state index in [9.17, 15) is 10.2 Å². The van der Waals surface area contributed by atoms with Crippen molar-refractivity contribution in [2.45, 2.75) is 102 Å². The zero-order chi connectivity index (χ0) is 36.9. The van der Waals surface area contributed by atoms with Crippen LogP contribution in [0.15, 0.2) is 30.5 Å². The second-order valence-corrected chi connectivity index (χ2v) is 16.0. The highest BCUT2D eigenvalue weighted by Gasteiger charge is 2.50. The zero-order valence-corrected chi connectivity index (χ0v) is 31.0. The number of aromatic nitrogens is 3. The molecular weight excluding hydrogens is 680 g/mol. The summed E-state index contributed by atoms with van der Waals surface area (Å²) in [7, 11) is 1.82. The molecule has 0 unspecified atom stereocenters. The molecule has 2 N–H and O–H groups in total. The molecule has 0 spiro atoms. The Morgan fingerprint density at radius 3 is 2.64 bits per heavy atom. The number of piperidine rings is 1. The molecular formula is C41H51F2N5O5. The third kappa shape index (κ3) is 6.81. The van der Waals surface area contributed by atoms with Gasteiger partial charge in [0.2, 0.25) is 0 Å². The van der Waals surface area contributed by atoms with E-state index in [1.165, 1.54) is 18.3 Å². The minimum absolute atomic E-state index is 0.00592. The van der Waals surface area contributed by atoms with Gasteiger partial charge in [-0.3, -0.25) is 9.88 Å². The Balaban J connectivity index is 1.19. The monoisotopic (exact) mass is 731 g/mol. The van der Waals surface area contributed by atoms with Crippen LogP contribution in [-0.2, 0) is 15.9 Å². The van der Waals surface area contributed by atoms with Gasteiger partial charge in [-0.25, -0.2) is 8.78 Å². The molecule has 53 heavy (non-hydrogen) atoms. The number of aryl methyl sites for hydroxylation is 1. The van der Waals surface area contributed by atoms with Crippen molar-refractivity contribution in [2.24, 2.45) is 5.41 Å². The van der Waals surface area contributed by atoms with Gasteiger partial charge in [-0.1, -0.05) is 19.4 Å². The van der Waals surface area contributed by atoms with Crippen LogP contribution in [-0.4, -0.2) is 100 Å². The van der Waals surface area contributed by atoms with E-state index in [0.29, 0.717) is 71.9 Å². The maximum atomic E-state index is 17.1. The van der Waals surface area contributed by atoms with Crippen molar-refractivity contribution in [3.63, 3.8) is 0 Å². The smallest absolute Gasteiger partial charge is 0.319 e. The van der Waals surface area contributed by atoms with Crippen molar-refractivity contribution in [2.75, 3.05) is 51.5 Å². The third-order valence-corrected chi connectivity index (χ3v) is 12.4. The fourth-order valence-electron chi connectivity index (χ4n) is 9.93. The first-order valence-electron chi connectivity index (χ1n) is 19.4. The number of aromatic hydroxyl groups is 1. The number of ether oxygens (including phenoxy) is 3. The summed E-state index contributed by atoms with van der Waals surface area (Å²) in [6, 6.07) is 6.92. The fourth-order valence-corrected chi connectivity index (χ4v) is 9.93. The van der Waals surface area contributed by atoms with E-state index >= 15 is 8.78 Å². The number of aliphatic hydroxyl groups is 1. The van der Waals surface area contributed by atoms with Crippen molar-refractivity contribution < 1.29 is 33.2 Å². The van der Waals surface area contributed by atoms with Gasteiger partial charge in [0.1, 0.15) is 34.2 Å². The molecule has 2 saturated carbocycles. The molecule has 4 aromatic rings. The number of fused-ring (bicyclic) bond motifs is 3. The van der Waals surface area contributed by atoms with E-state index in [0.717, 1.165) is 64.3 Å². The van der Waals surface area contributed by atoms with Crippen molar-refractivity contribution >= 4 is 27.5 Å². The predicted molar refractivity (Wildman–Crippen MR) is 199 cm³/mol. The van der Waals surface area contributed by atoms with E-state index in [1.807, 2.05) is 18.9 Å². The van der Waals surface area contributed by atoms with Crippen LogP contribution in [0.5, 0.6) is 11.8 Å². The summed E-state index contributed by atoms with van der Waals surface area (Å²) in [6.07, 6.45) is 12.2. The molecule has 0 bridgehead atoms. The quantitative estimate of drug-likeness (QED) is 0.198. The molecule has 12 heteroatoms. The summed E-state index contributed by atoms with van der Waals surface area (Å²) in [5.41, 5.74) is -0.591. The Labute approximate surface area is 309 Å². The largest absolute Gasteiger partial charge is 0.508 e. The summed E-state index contributed by atoms with van der Waals surface area (Å²) in [6.45, 7) is 6.17. The van der Waals surface area contributed by atoms with E-state index in [1.54, 1.807) is 19.1 Å². The normalized spacial score (nSPS) is 28.3. The van der Waals surface area contributed by atoms with Crippen LogP contribution in [0.25, 0.3) is 32.9 Å². The maximum Gasteiger partial charge on any atom is 0.319 e. The number of hydrogen-bond acceptors (Lipinski definition) is 10. The highest BCUT2D eigenvalue weighted by Crippen LogP contribution is 2.50. The number of likely N-dealkylation sites (tertiary alicyclic amines) is 1. The second-order valence-electron chi connectivity index (χ2n) is 16.0. The number of phenols is 1. The molecule has 284 valence electrons. The summed E-state index contributed by atoms with van der Waals surface area (Å²) < 4.78 is 50.2. The highest BCUT2D eigenvalue weighted by atomic mass is 19.1. The maximum absolute atomic E-state index is 17.1. The first-order chi connectivity index (χ1) is 25.6. The topological polar surface area (TPSA) is 113 Å². The predicted octanol–water partition coefficient (Wildman–Crippen LogP) is 6.95. The van der Waals surface area contributed by atoms with Gasteiger partial charge >= 0.3 is 6.01 Å². The standard InChI is InChI=1S/C41H51F2N5O5/c1-4-29-32(42)13-8-25-19-27(49)20-30(34(25)29)36-35(43)37-31(21-44-36)38(47-17-18-52-23-40(2,50)22-47)46-39(45-37)53-24-41-14-5-7-33(41)48(16-6-15-41)26-9-11-28(51-3)12-10-26/h8,13,19-21,26,28,33,49-50H,4-7,9-12,14-18,22-24H2,1-3H3/t26?,28?,33-,40+,41-/m1/s1. The molecule has 2 aliphatic carbocycles. The van der Waals surface area contributed by atoms with E-state index in [-0.39, 0.29) is 47.1 Å². The molecule has 2 aromatic carbocycles. The Morgan fingerprint density at radius 2 is 1.85 bits per heavy atom. The van der Waals surface area contributed by atoms with Gasteiger partial charge in [0, 0.05) is 42.9 Å². The molecule has 4 heterocycles. The van der Waals surface area contributed by atoms with Crippen molar-refractivity contribution in [3.8, 4) is 23.0 Å². The van der Waals surface area contributed by atoms with Gasteiger partial charge in [0.05, 0.1) is 37.9 Å². The Kier molecular flexibility index (Phi) is 9.93. The van der Waals surface area contributed by atoms with E-state index in [4.69, 9.17) is 24.2 Å². The summed E-state index contributed by atoms with van der Waals surface area (Å²) >= 11 is 0. The van der Waals surface area contributed by atoms with Crippen LogP contribution in [0.3, 0.4) is 0 Å². The zero-order valence-electron chi connectivity index (χ0n) is 31.0. The van der Waals surface area contributed by atoms with Crippen LogP contribution in [0, 0.1) is 17.0 Å². The lowest BCUT2D eigenvalue weighted by molar-refractivity contribution is -0.0429. The molecule has 2 saturated heterocycles. The second kappa shape index (κ2) is 14.5. The molecule has 4 fully saturated rings. The SMILES string of the molecule is CCc1c(F)ccc2cc(O)cc(-c3ncc4c(N5CCOC[C@@](C)(O)C5)nc(OC[C@]56CCC[C@H]5N(C5CCC(OC)CC5)CCC6)nc4c3F)c12. The van der Waals surface area contributed by atoms with E-state index < -0.39 is 17.2 Å². The van der Waals surface area contributed by atoms with Crippen molar-refractivity contribution in [1.29, 1.82) is 0 Å². The Bertz CT molecular complexity index is 1990. The minimum Gasteiger partial charge on any atom is -0.508 e. The van der Waals surface area contributed by atoms with Crippen molar-refractivity contribution in [1.82, 2.24) is 19.9 Å². The summed E-state index contributed by atoms with van der Waals surface area (Å²) in [4.78, 5) is 18.8. The first-order valence-corrected chi connectivity index (χ1v) is 19.4. The van der Waals surface area contributed by atoms with Crippen LogP contribution in [0.4, 0.5) is 14.6 Å². The number of pyridine rings is 1. The van der Waals surface area contributed by atoms with Crippen molar-refractivity contribution in [3.05, 3.63) is 47.7 Å². The molecule has 2 aliphatic heterocycles. The molecule has 2 aromatic heterocycles. The number of nitrogens with zero attached hydrogens (tertiary/aromatic N) is 5. The molecule has 3 atom stereocenters. The molecule has 8 rings (SSSR count). The number of rotatable bonds is 8. The average molecular weight is 732 g/mol. The number of phenolic OH excluding ortho intramolecular Hbond substituents is 1. The molecule has 4 aliphatic rings. The average Bonchev–Trinajstić information content (AvgIpc) is 3.51. The van der Waals surface area contributed by atoms with Gasteiger partial charge in [-0.2, -0.15) is 9.97 Å². The lowest BCUT2D eigenvalue weighted by Crippen LogP contribution is -2.56. The summed E-state index contributed by atoms with van der Waals surface area (Å²) in [5, 5.41) is 23.2. The highest BCUT2D eigenvalue weighted by molar-refractivity contribution is 6.01. The summed E-state index contributed by atoms with van der Waals surface area (Å²) in [5.74, 6) is -0.812. The Hall–Kier alpha value is -3.71. The number of methoxy groups -OCH3 is 1. The van der Waals surface area contributed by atoms with Gasteiger partial charge in [0.15, 0.2) is 5.82 Å². The van der Waals surface area contributed by atoms with Crippen LogP contribution >= 0.6 is 0 Å². The van der Waals surface area contributed by atoms with Crippen LogP contribution < -0.4 is 9.64 Å². The fraction of sp³-hybridized carbons (Fsp3) is 0.585. The number of benzene rings is 2. The molecule has 0 radical (unpaired) electrons. The first kappa shape index (κ1) is 36.3. The molecule has 10 nitrogen and oxygen atoms in total.